The van der Waals surface area contributed by atoms with Gasteiger partial charge in [-0.15, -0.1) is 35.3 Å². The number of aliphatic imine (C=N–C) groups is 1. The number of aromatic nitrogens is 1. The molecule has 1 rings (SSSR count). The average molecular weight is 354 g/mol. The molecule has 92 valence electrons. The van der Waals surface area contributed by atoms with Crippen LogP contribution < -0.4 is 0 Å². The van der Waals surface area contributed by atoms with Gasteiger partial charge in [0.05, 0.1) is 6.54 Å². The minimum Gasteiger partial charge on any atom is -0.349 e. The molecule has 1 aromatic heterocycles. The van der Waals surface area contributed by atoms with Crippen LogP contribution in [0.2, 0.25) is 0 Å². The summed E-state index contributed by atoms with van der Waals surface area (Å²) in [5, 5.41) is 1.06. The summed E-state index contributed by atoms with van der Waals surface area (Å²) < 4.78 is 0. The van der Waals surface area contributed by atoms with E-state index in [1.54, 1.807) is 11.3 Å². The maximum Gasteiger partial charge on any atom is 0.195 e. The highest BCUT2D eigenvalue weighted by Gasteiger charge is 2.04. The highest BCUT2D eigenvalue weighted by atomic mass is 127. The van der Waals surface area contributed by atoms with Crippen LogP contribution in [0.1, 0.15) is 9.88 Å². The number of rotatable bonds is 2. The molecule has 0 unspecified atom stereocenters. The molecule has 16 heavy (non-hydrogen) atoms. The van der Waals surface area contributed by atoms with Crippen LogP contribution in [-0.2, 0) is 6.54 Å². The van der Waals surface area contributed by atoms with Gasteiger partial charge in [-0.3, -0.25) is 0 Å². The van der Waals surface area contributed by atoms with Crippen LogP contribution in [0, 0.1) is 6.92 Å². The number of guanidine groups is 1. The molecular weight excluding hydrogens is 335 g/mol. The van der Waals surface area contributed by atoms with Crippen LogP contribution in [0.25, 0.3) is 0 Å². The fourth-order valence-electron chi connectivity index (χ4n) is 1.30. The maximum absolute atomic E-state index is 4.52. The average Bonchev–Trinajstić information content (AvgIpc) is 2.50. The van der Waals surface area contributed by atoms with Crippen molar-refractivity contribution in [3.05, 3.63) is 16.1 Å². The SMILES string of the molecule is Cc1cnc(CN=C(N(C)C)N(C)C)s1.I. The Labute approximate surface area is 118 Å². The first-order valence-electron chi connectivity index (χ1n) is 4.81. The van der Waals surface area contributed by atoms with E-state index in [4.69, 9.17) is 0 Å². The van der Waals surface area contributed by atoms with E-state index in [1.165, 1.54) is 4.88 Å². The van der Waals surface area contributed by atoms with Gasteiger partial charge in [-0.05, 0) is 6.92 Å². The van der Waals surface area contributed by atoms with Crippen molar-refractivity contribution in [2.75, 3.05) is 28.2 Å². The Morgan fingerprint density at radius 3 is 2.25 bits per heavy atom. The second-order valence-corrected chi connectivity index (χ2v) is 5.09. The molecule has 0 atom stereocenters. The molecule has 0 saturated heterocycles. The fraction of sp³-hybridized carbons (Fsp3) is 0.600. The predicted molar refractivity (Wildman–Crippen MR) is 80.8 cm³/mol. The molecule has 6 heteroatoms. The molecule has 0 spiro atoms. The monoisotopic (exact) mass is 354 g/mol. The van der Waals surface area contributed by atoms with E-state index < -0.39 is 0 Å². The first-order chi connectivity index (χ1) is 7.00. The van der Waals surface area contributed by atoms with Crippen LogP contribution >= 0.6 is 35.3 Å². The van der Waals surface area contributed by atoms with E-state index in [-0.39, 0.29) is 24.0 Å². The third-order valence-corrected chi connectivity index (χ3v) is 2.72. The van der Waals surface area contributed by atoms with Crippen molar-refractivity contribution in [2.24, 2.45) is 4.99 Å². The summed E-state index contributed by atoms with van der Waals surface area (Å²) >= 11 is 1.70. The molecule has 0 radical (unpaired) electrons. The van der Waals surface area contributed by atoms with Crippen LogP contribution in [0.3, 0.4) is 0 Å². The predicted octanol–water partition coefficient (Wildman–Crippen LogP) is 2.05. The largest absolute Gasteiger partial charge is 0.349 e. The van der Waals surface area contributed by atoms with Gasteiger partial charge in [-0.2, -0.15) is 0 Å². The molecule has 0 N–H and O–H groups in total. The number of halogens is 1. The second kappa shape index (κ2) is 7.05. The van der Waals surface area contributed by atoms with Crippen molar-refractivity contribution in [2.45, 2.75) is 13.5 Å². The van der Waals surface area contributed by atoms with Crippen molar-refractivity contribution in [1.29, 1.82) is 0 Å². The first kappa shape index (κ1) is 15.6. The summed E-state index contributed by atoms with van der Waals surface area (Å²) in [6.45, 7) is 2.72. The highest BCUT2D eigenvalue weighted by Crippen LogP contribution is 2.12. The van der Waals surface area contributed by atoms with E-state index >= 15 is 0 Å². The third kappa shape index (κ3) is 4.65. The highest BCUT2D eigenvalue weighted by molar-refractivity contribution is 14.0. The van der Waals surface area contributed by atoms with E-state index in [0.717, 1.165) is 11.0 Å². The molecule has 0 saturated carbocycles. The van der Waals surface area contributed by atoms with Gasteiger partial charge in [0, 0.05) is 39.3 Å². The van der Waals surface area contributed by atoms with Crippen LogP contribution in [0.4, 0.5) is 0 Å². The van der Waals surface area contributed by atoms with Crippen molar-refractivity contribution in [3.8, 4) is 0 Å². The number of thiazole rings is 1. The van der Waals surface area contributed by atoms with Crippen molar-refractivity contribution in [1.82, 2.24) is 14.8 Å². The van der Waals surface area contributed by atoms with Gasteiger partial charge in [0.15, 0.2) is 5.96 Å². The quantitative estimate of drug-likeness (QED) is 0.463. The first-order valence-corrected chi connectivity index (χ1v) is 5.62. The van der Waals surface area contributed by atoms with Crippen LogP contribution in [-0.4, -0.2) is 48.9 Å². The lowest BCUT2D eigenvalue weighted by Gasteiger charge is -2.22. The summed E-state index contributed by atoms with van der Waals surface area (Å²) in [6.07, 6.45) is 1.89. The normalized spacial score (nSPS) is 9.31. The molecule has 1 aromatic rings. The number of nitrogens with zero attached hydrogens (tertiary/aromatic N) is 4. The second-order valence-electron chi connectivity index (χ2n) is 3.77. The summed E-state index contributed by atoms with van der Waals surface area (Å²) in [4.78, 5) is 14.0. The van der Waals surface area contributed by atoms with Gasteiger partial charge in [0.2, 0.25) is 0 Å². The molecule has 0 aromatic carbocycles. The van der Waals surface area contributed by atoms with Gasteiger partial charge >= 0.3 is 0 Å². The fourth-order valence-corrected chi connectivity index (χ4v) is 2.01. The summed E-state index contributed by atoms with van der Waals surface area (Å²) in [5.74, 6) is 0.961. The zero-order valence-electron chi connectivity index (χ0n) is 10.4. The van der Waals surface area contributed by atoms with Crippen molar-refractivity contribution < 1.29 is 0 Å². The summed E-state index contributed by atoms with van der Waals surface area (Å²) in [5.41, 5.74) is 0. The zero-order chi connectivity index (χ0) is 11.4. The zero-order valence-corrected chi connectivity index (χ0v) is 13.5. The van der Waals surface area contributed by atoms with Gasteiger partial charge in [0.1, 0.15) is 5.01 Å². The molecule has 0 aliphatic rings. The van der Waals surface area contributed by atoms with Crippen LogP contribution in [0.5, 0.6) is 0 Å². The smallest absolute Gasteiger partial charge is 0.195 e. The van der Waals surface area contributed by atoms with Crippen molar-refractivity contribution >= 4 is 41.3 Å². The Morgan fingerprint density at radius 2 is 1.88 bits per heavy atom. The summed E-state index contributed by atoms with van der Waals surface area (Å²) in [7, 11) is 7.97. The van der Waals surface area contributed by atoms with E-state index in [1.807, 2.05) is 44.2 Å². The lowest BCUT2D eigenvalue weighted by molar-refractivity contribution is 0.479. The Balaban J connectivity index is 0.00000225. The van der Waals surface area contributed by atoms with Crippen LogP contribution in [0.15, 0.2) is 11.2 Å². The molecule has 4 nitrogen and oxygen atoms in total. The number of hydrogen-bond acceptors (Lipinski definition) is 3. The molecule has 1 heterocycles. The minimum absolute atomic E-state index is 0. The third-order valence-electron chi connectivity index (χ3n) is 1.82. The van der Waals surface area contributed by atoms with E-state index in [9.17, 15) is 0 Å². The standard InChI is InChI=1S/C10H18N4S.HI/c1-8-6-11-9(15-8)7-12-10(13(2)3)14(4)5;/h6H,7H2,1-5H3;1H. The maximum atomic E-state index is 4.52. The Kier molecular flexibility index (Phi) is 6.89. The lowest BCUT2D eigenvalue weighted by atomic mass is 10.6. The topological polar surface area (TPSA) is 31.7 Å². The van der Waals surface area contributed by atoms with Crippen molar-refractivity contribution in [3.63, 3.8) is 0 Å². The Morgan fingerprint density at radius 1 is 1.31 bits per heavy atom. The molecule has 0 fully saturated rings. The molecule has 0 aliphatic heterocycles. The summed E-state index contributed by atoms with van der Waals surface area (Å²) in [6, 6.07) is 0. The number of hydrogen-bond donors (Lipinski definition) is 0. The number of aryl methyl sites for hydroxylation is 1. The van der Waals surface area contributed by atoms with Gasteiger partial charge in [-0.1, -0.05) is 0 Å². The Bertz CT molecular complexity index is 336. The minimum atomic E-state index is 0. The van der Waals surface area contributed by atoms with E-state index in [0.29, 0.717) is 6.54 Å². The van der Waals surface area contributed by atoms with E-state index in [2.05, 4.69) is 16.9 Å². The molecule has 0 bridgehead atoms. The molecular formula is C10H19IN4S. The van der Waals surface area contributed by atoms with Gasteiger partial charge < -0.3 is 9.80 Å². The Hall–Kier alpha value is -0.370. The molecule has 0 amide bonds. The molecule has 0 aliphatic carbocycles. The van der Waals surface area contributed by atoms with Gasteiger partial charge in [0.25, 0.3) is 0 Å². The lowest BCUT2D eigenvalue weighted by Crippen LogP contribution is -2.35. The van der Waals surface area contributed by atoms with Gasteiger partial charge in [-0.25, -0.2) is 9.98 Å².